The molecule has 1 saturated carbocycles. The summed E-state index contributed by atoms with van der Waals surface area (Å²) in [6.45, 7) is 0.659. The molecule has 0 aliphatic heterocycles. The molecule has 0 heterocycles. The van der Waals surface area contributed by atoms with Crippen LogP contribution in [0.2, 0.25) is 0 Å². The molecule has 4 heteroatoms. The lowest BCUT2D eigenvalue weighted by Crippen LogP contribution is -2.39. The summed E-state index contributed by atoms with van der Waals surface area (Å²) in [5, 5.41) is 3.05. The Morgan fingerprint density at radius 3 is 2.75 bits per heavy atom. The molecule has 0 atom stereocenters. The van der Waals surface area contributed by atoms with Crippen molar-refractivity contribution in [2.24, 2.45) is 5.73 Å². The fraction of sp³-hybridized carbons (Fsp3) is 0.562. The Kier molecular flexibility index (Phi) is 5.87. The zero-order valence-electron chi connectivity index (χ0n) is 11.9. The number of nitrogens with one attached hydrogen (secondary N) is 1. The molecule has 0 spiro atoms. The fourth-order valence-electron chi connectivity index (χ4n) is 2.67. The van der Waals surface area contributed by atoms with Crippen molar-refractivity contribution < 1.29 is 9.53 Å². The van der Waals surface area contributed by atoms with Crippen LogP contribution >= 0.6 is 0 Å². The number of carbonyl (C=O) groups excluding carboxylic acids is 1. The lowest BCUT2D eigenvalue weighted by atomic mass is 9.95. The summed E-state index contributed by atoms with van der Waals surface area (Å²) in [6.07, 6.45) is 6.66. The second-order valence-corrected chi connectivity index (χ2v) is 5.34. The molecule has 1 amide bonds. The van der Waals surface area contributed by atoms with Gasteiger partial charge in [0, 0.05) is 6.04 Å². The van der Waals surface area contributed by atoms with E-state index in [2.05, 4.69) is 5.32 Å². The largest absolute Gasteiger partial charge is 0.483 e. The standard InChI is InChI=1S/C16H24N2O2/c17-11-10-13-6-4-5-9-15(13)20-12-16(19)18-14-7-2-1-3-8-14/h4-6,9,14H,1-3,7-8,10-12,17H2,(H,18,19). The number of rotatable bonds is 6. The van der Waals surface area contributed by atoms with Crippen LogP contribution in [0.15, 0.2) is 24.3 Å². The highest BCUT2D eigenvalue weighted by Gasteiger charge is 2.16. The molecule has 4 nitrogen and oxygen atoms in total. The number of nitrogens with two attached hydrogens (primary N) is 1. The Bertz CT molecular complexity index is 428. The van der Waals surface area contributed by atoms with Crippen molar-refractivity contribution in [2.75, 3.05) is 13.2 Å². The monoisotopic (exact) mass is 276 g/mol. The summed E-state index contributed by atoms with van der Waals surface area (Å²) in [4.78, 5) is 11.9. The minimum Gasteiger partial charge on any atom is -0.483 e. The van der Waals surface area contributed by atoms with E-state index in [0.717, 1.165) is 30.6 Å². The molecule has 1 aromatic rings. The molecular weight excluding hydrogens is 252 g/mol. The second kappa shape index (κ2) is 7.90. The normalized spacial score (nSPS) is 15.8. The number of hydrogen-bond donors (Lipinski definition) is 2. The van der Waals surface area contributed by atoms with Crippen LogP contribution in [0, 0.1) is 0 Å². The van der Waals surface area contributed by atoms with Crippen molar-refractivity contribution in [3.8, 4) is 5.75 Å². The number of carbonyl (C=O) groups is 1. The van der Waals surface area contributed by atoms with E-state index >= 15 is 0 Å². The van der Waals surface area contributed by atoms with Gasteiger partial charge in [0.05, 0.1) is 0 Å². The maximum absolute atomic E-state index is 11.9. The molecule has 3 N–H and O–H groups in total. The van der Waals surface area contributed by atoms with Crippen LogP contribution in [0.5, 0.6) is 5.75 Å². The van der Waals surface area contributed by atoms with Gasteiger partial charge in [-0.25, -0.2) is 0 Å². The van der Waals surface area contributed by atoms with Crippen LogP contribution in [0.25, 0.3) is 0 Å². The van der Waals surface area contributed by atoms with Gasteiger partial charge in [-0.15, -0.1) is 0 Å². The molecule has 110 valence electrons. The van der Waals surface area contributed by atoms with Crippen molar-refractivity contribution in [3.63, 3.8) is 0 Å². The van der Waals surface area contributed by atoms with Gasteiger partial charge in [0.1, 0.15) is 5.75 Å². The molecule has 0 saturated heterocycles. The highest BCUT2D eigenvalue weighted by Crippen LogP contribution is 2.19. The first-order valence-corrected chi connectivity index (χ1v) is 7.49. The van der Waals surface area contributed by atoms with Gasteiger partial charge in [0.25, 0.3) is 5.91 Å². The van der Waals surface area contributed by atoms with E-state index in [4.69, 9.17) is 10.5 Å². The van der Waals surface area contributed by atoms with Gasteiger partial charge >= 0.3 is 0 Å². The molecule has 0 aromatic heterocycles. The molecule has 20 heavy (non-hydrogen) atoms. The van der Waals surface area contributed by atoms with Gasteiger partial charge in [-0.1, -0.05) is 37.5 Å². The third kappa shape index (κ3) is 4.53. The van der Waals surface area contributed by atoms with E-state index in [1.54, 1.807) is 0 Å². The summed E-state index contributed by atoms with van der Waals surface area (Å²) >= 11 is 0. The molecule has 1 fully saturated rings. The maximum Gasteiger partial charge on any atom is 0.258 e. The third-order valence-corrected chi connectivity index (χ3v) is 3.72. The van der Waals surface area contributed by atoms with E-state index in [9.17, 15) is 4.79 Å². The van der Waals surface area contributed by atoms with E-state index in [-0.39, 0.29) is 12.5 Å². The highest BCUT2D eigenvalue weighted by atomic mass is 16.5. The van der Waals surface area contributed by atoms with Crippen molar-refractivity contribution in [1.29, 1.82) is 0 Å². The molecule has 2 rings (SSSR count). The van der Waals surface area contributed by atoms with Crippen LogP contribution in [0.4, 0.5) is 0 Å². The molecule has 0 bridgehead atoms. The Labute approximate surface area is 120 Å². The Balaban J connectivity index is 1.80. The SMILES string of the molecule is NCCc1ccccc1OCC(=O)NC1CCCCC1. The number of amides is 1. The zero-order valence-corrected chi connectivity index (χ0v) is 11.9. The zero-order chi connectivity index (χ0) is 14.2. The topological polar surface area (TPSA) is 64.3 Å². The average Bonchev–Trinajstić information content (AvgIpc) is 2.48. The number of para-hydroxylation sites is 1. The van der Waals surface area contributed by atoms with E-state index < -0.39 is 0 Å². The summed E-state index contributed by atoms with van der Waals surface area (Å²) in [6, 6.07) is 8.08. The fourth-order valence-corrected chi connectivity index (χ4v) is 2.67. The quantitative estimate of drug-likeness (QED) is 0.835. The van der Waals surface area contributed by atoms with Crippen molar-refractivity contribution >= 4 is 5.91 Å². The van der Waals surface area contributed by atoms with Crippen LogP contribution < -0.4 is 15.8 Å². The lowest BCUT2D eigenvalue weighted by Gasteiger charge is -2.22. The van der Waals surface area contributed by atoms with Crippen LogP contribution in [-0.2, 0) is 11.2 Å². The van der Waals surface area contributed by atoms with Crippen LogP contribution in [0.3, 0.4) is 0 Å². The Morgan fingerprint density at radius 1 is 1.25 bits per heavy atom. The smallest absolute Gasteiger partial charge is 0.258 e. The van der Waals surface area contributed by atoms with Crippen molar-refractivity contribution in [1.82, 2.24) is 5.32 Å². The highest BCUT2D eigenvalue weighted by molar-refractivity contribution is 5.77. The van der Waals surface area contributed by atoms with Crippen molar-refractivity contribution in [2.45, 2.75) is 44.6 Å². The molecule has 1 aromatic carbocycles. The number of benzene rings is 1. The molecule has 1 aliphatic carbocycles. The minimum absolute atomic E-state index is 0.0283. The first-order valence-electron chi connectivity index (χ1n) is 7.49. The summed E-state index contributed by atoms with van der Waals surface area (Å²) in [5.41, 5.74) is 6.63. The van der Waals surface area contributed by atoms with Gasteiger partial charge in [-0.05, 0) is 37.4 Å². The van der Waals surface area contributed by atoms with Gasteiger partial charge in [0.15, 0.2) is 6.61 Å². The van der Waals surface area contributed by atoms with Crippen molar-refractivity contribution in [3.05, 3.63) is 29.8 Å². The Hall–Kier alpha value is -1.55. The minimum atomic E-state index is -0.0283. The molecule has 0 unspecified atom stereocenters. The summed E-state index contributed by atoms with van der Waals surface area (Å²) in [7, 11) is 0. The molecule has 0 radical (unpaired) electrons. The second-order valence-electron chi connectivity index (χ2n) is 5.34. The number of hydrogen-bond acceptors (Lipinski definition) is 3. The summed E-state index contributed by atoms with van der Waals surface area (Å²) in [5.74, 6) is 0.733. The van der Waals surface area contributed by atoms with Gasteiger partial charge in [0.2, 0.25) is 0 Å². The maximum atomic E-state index is 11.9. The van der Waals surface area contributed by atoms with Gasteiger partial charge < -0.3 is 15.8 Å². The van der Waals surface area contributed by atoms with E-state index in [1.807, 2.05) is 24.3 Å². The Morgan fingerprint density at radius 2 is 2.00 bits per heavy atom. The van der Waals surface area contributed by atoms with Crippen LogP contribution in [-0.4, -0.2) is 25.1 Å². The lowest BCUT2D eigenvalue weighted by molar-refractivity contribution is -0.124. The van der Waals surface area contributed by atoms with Gasteiger partial charge in [-0.2, -0.15) is 0 Å². The number of ether oxygens (including phenoxy) is 1. The molecule has 1 aliphatic rings. The van der Waals surface area contributed by atoms with E-state index in [0.29, 0.717) is 12.6 Å². The summed E-state index contributed by atoms with van der Waals surface area (Å²) < 4.78 is 5.63. The van der Waals surface area contributed by atoms with Gasteiger partial charge in [-0.3, -0.25) is 4.79 Å². The average molecular weight is 276 g/mol. The predicted molar refractivity (Wildman–Crippen MR) is 79.7 cm³/mol. The third-order valence-electron chi connectivity index (χ3n) is 3.72. The first kappa shape index (κ1) is 14.9. The van der Waals surface area contributed by atoms with E-state index in [1.165, 1.54) is 19.3 Å². The molecular formula is C16H24N2O2. The predicted octanol–water partition coefficient (Wildman–Crippen LogP) is 2.02. The van der Waals surface area contributed by atoms with Crippen LogP contribution in [0.1, 0.15) is 37.7 Å². The first-order chi connectivity index (χ1) is 9.79.